The Morgan fingerprint density at radius 1 is 1.00 bits per heavy atom. The number of carbonyl (C=O) groups is 1. The fourth-order valence-electron chi connectivity index (χ4n) is 1.99. The van der Waals surface area contributed by atoms with E-state index >= 15 is 0 Å². The van der Waals surface area contributed by atoms with Gasteiger partial charge in [-0.1, -0.05) is 34.6 Å². The van der Waals surface area contributed by atoms with Gasteiger partial charge in [0.1, 0.15) is 5.60 Å². The van der Waals surface area contributed by atoms with E-state index in [1.807, 2.05) is 20.8 Å². The molecular formula is C13H26O2. The lowest BCUT2D eigenvalue weighted by Crippen LogP contribution is -2.38. The summed E-state index contributed by atoms with van der Waals surface area (Å²) < 4.78 is 5.45. The summed E-state index contributed by atoms with van der Waals surface area (Å²) in [6.45, 7) is 16.1. The minimum atomic E-state index is -0.393. The van der Waals surface area contributed by atoms with E-state index in [4.69, 9.17) is 4.74 Å². The molecular weight excluding hydrogens is 188 g/mol. The van der Waals surface area contributed by atoms with E-state index in [1.165, 1.54) is 0 Å². The molecule has 15 heavy (non-hydrogen) atoms. The predicted octanol–water partition coefficient (Wildman–Crippen LogP) is 3.65. The van der Waals surface area contributed by atoms with Gasteiger partial charge in [0.2, 0.25) is 0 Å². The highest BCUT2D eigenvalue weighted by Gasteiger charge is 2.36. The van der Waals surface area contributed by atoms with Gasteiger partial charge < -0.3 is 4.74 Å². The van der Waals surface area contributed by atoms with Crippen LogP contribution in [0.5, 0.6) is 0 Å². The van der Waals surface area contributed by atoms with Gasteiger partial charge in [0.25, 0.3) is 0 Å². The summed E-state index contributed by atoms with van der Waals surface area (Å²) in [5.41, 5.74) is -0.439. The van der Waals surface area contributed by atoms with Crippen molar-refractivity contribution in [1.29, 1.82) is 0 Å². The molecule has 0 saturated heterocycles. The molecule has 0 bridgehead atoms. The zero-order valence-corrected chi connectivity index (χ0v) is 11.5. The van der Waals surface area contributed by atoms with Crippen molar-refractivity contribution in [2.24, 2.45) is 17.3 Å². The molecule has 0 spiro atoms. The van der Waals surface area contributed by atoms with Gasteiger partial charge in [-0.05, 0) is 32.1 Å². The van der Waals surface area contributed by atoms with Crippen LogP contribution >= 0.6 is 0 Å². The number of esters is 1. The molecule has 0 N–H and O–H groups in total. The van der Waals surface area contributed by atoms with E-state index < -0.39 is 5.60 Å². The van der Waals surface area contributed by atoms with Crippen LogP contribution in [0.4, 0.5) is 0 Å². The first-order valence-corrected chi connectivity index (χ1v) is 5.68. The molecule has 0 aliphatic rings. The van der Waals surface area contributed by atoms with E-state index in [0.29, 0.717) is 5.92 Å². The molecule has 1 unspecified atom stereocenters. The third-order valence-corrected chi connectivity index (χ3v) is 2.26. The molecule has 0 saturated carbocycles. The van der Waals surface area contributed by atoms with E-state index in [0.717, 1.165) is 0 Å². The molecule has 2 nitrogen and oxygen atoms in total. The minimum absolute atomic E-state index is 0.0447. The van der Waals surface area contributed by atoms with Crippen molar-refractivity contribution >= 4 is 5.97 Å². The van der Waals surface area contributed by atoms with Gasteiger partial charge in [-0.2, -0.15) is 0 Å². The normalized spacial score (nSPS) is 15.3. The van der Waals surface area contributed by atoms with Crippen LogP contribution in [0.15, 0.2) is 0 Å². The molecule has 0 aromatic rings. The summed E-state index contributed by atoms with van der Waals surface area (Å²) in [4.78, 5) is 12.0. The number of carbonyl (C=O) groups excluding carboxylic acids is 1. The third-order valence-electron chi connectivity index (χ3n) is 2.26. The second-order valence-corrected chi connectivity index (χ2v) is 6.62. The summed E-state index contributed by atoms with van der Waals surface area (Å²) in [7, 11) is 0. The van der Waals surface area contributed by atoms with Gasteiger partial charge in [-0.25, -0.2) is 0 Å². The number of ether oxygens (including phenoxy) is 1. The molecule has 0 aliphatic carbocycles. The largest absolute Gasteiger partial charge is 0.460 e. The Labute approximate surface area is 94.4 Å². The van der Waals surface area contributed by atoms with Crippen molar-refractivity contribution < 1.29 is 9.53 Å². The fourth-order valence-corrected chi connectivity index (χ4v) is 1.99. The molecule has 0 aromatic heterocycles. The third kappa shape index (κ3) is 5.19. The van der Waals surface area contributed by atoms with Crippen LogP contribution in [0, 0.1) is 17.3 Å². The summed E-state index contributed by atoms with van der Waals surface area (Å²) in [5.74, 6) is 0.182. The standard InChI is InChI=1S/C13H26O2/c1-9(2)10(12(3,4)5)11(14)15-13(6,7)8/h9-10H,1-8H3. The van der Waals surface area contributed by atoms with Crippen molar-refractivity contribution in [2.45, 2.75) is 61.0 Å². The second-order valence-electron chi connectivity index (χ2n) is 6.62. The first kappa shape index (κ1) is 14.5. The maximum atomic E-state index is 12.0. The summed E-state index contributed by atoms with van der Waals surface area (Å²) >= 11 is 0. The maximum absolute atomic E-state index is 12.0. The number of hydrogen-bond acceptors (Lipinski definition) is 2. The van der Waals surface area contributed by atoms with E-state index in [2.05, 4.69) is 34.6 Å². The molecule has 90 valence electrons. The highest BCUT2D eigenvalue weighted by atomic mass is 16.6. The summed E-state index contributed by atoms with van der Waals surface area (Å²) in [6, 6.07) is 0. The van der Waals surface area contributed by atoms with E-state index in [1.54, 1.807) is 0 Å². The molecule has 0 aromatic carbocycles. The van der Waals surface area contributed by atoms with E-state index in [-0.39, 0.29) is 17.3 Å². The topological polar surface area (TPSA) is 26.3 Å². The quantitative estimate of drug-likeness (QED) is 0.656. The lowest BCUT2D eigenvalue weighted by atomic mass is 9.74. The van der Waals surface area contributed by atoms with Crippen molar-refractivity contribution in [1.82, 2.24) is 0 Å². The predicted molar refractivity (Wildman–Crippen MR) is 63.6 cm³/mol. The van der Waals surface area contributed by atoms with Gasteiger partial charge in [-0.15, -0.1) is 0 Å². The van der Waals surface area contributed by atoms with Gasteiger partial charge in [-0.3, -0.25) is 4.79 Å². The molecule has 0 fully saturated rings. The van der Waals surface area contributed by atoms with Crippen LogP contribution in [0.2, 0.25) is 0 Å². The molecule has 0 heterocycles. The number of rotatable bonds is 2. The Balaban J connectivity index is 4.74. The monoisotopic (exact) mass is 214 g/mol. The van der Waals surface area contributed by atoms with Crippen LogP contribution in [-0.2, 0) is 9.53 Å². The summed E-state index contributed by atoms with van der Waals surface area (Å²) in [5, 5.41) is 0. The van der Waals surface area contributed by atoms with Crippen molar-refractivity contribution in [2.75, 3.05) is 0 Å². The first-order valence-electron chi connectivity index (χ1n) is 5.68. The Bertz CT molecular complexity index is 216. The average molecular weight is 214 g/mol. The van der Waals surface area contributed by atoms with Crippen LogP contribution in [0.3, 0.4) is 0 Å². The van der Waals surface area contributed by atoms with E-state index in [9.17, 15) is 4.79 Å². The molecule has 0 amide bonds. The Hall–Kier alpha value is -0.530. The van der Waals surface area contributed by atoms with Crippen LogP contribution in [0.25, 0.3) is 0 Å². The van der Waals surface area contributed by atoms with Crippen molar-refractivity contribution in [3.63, 3.8) is 0 Å². The SMILES string of the molecule is CC(C)C(C(=O)OC(C)(C)C)C(C)(C)C. The fraction of sp³-hybridized carbons (Fsp3) is 0.923. The minimum Gasteiger partial charge on any atom is -0.460 e. The average Bonchev–Trinajstić information content (AvgIpc) is 1.74. The van der Waals surface area contributed by atoms with Crippen LogP contribution in [0.1, 0.15) is 55.4 Å². The van der Waals surface area contributed by atoms with Crippen molar-refractivity contribution in [3.05, 3.63) is 0 Å². The molecule has 0 aliphatic heterocycles. The van der Waals surface area contributed by atoms with Crippen molar-refractivity contribution in [3.8, 4) is 0 Å². The van der Waals surface area contributed by atoms with Gasteiger partial charge in [0.15, 0.2) is 0 Å². The van der Waals surface area contributed by atoms with Gasteiger partial charge >= 0.3 is 5.97 Å². The lowest BCUT2D eigenvalue weighted by molar-refractivity contribution is -0.166. The first-order chi connectivity index (χ1) is 6.45. The highest BCUT2D eigenvalue weighted by molar-refractivity contribution is 5.74. The second kappa shape index (κ2) is 4.54. The number of hydrogen-bond donors (Lipinski definition) is 0. The molecule has 1 atom stereocenters. The zero-order chi connectivity index (χ0) is 12.4. The Morgan fingerprint density at radius 3 is 1.60 bits per heavy atom. The van der Waals surface area contributed by atoms with Crippen LogP contribution < -0.4 is 0 Å². The zero-order valence-electron chi connectivity index (χ0n) is 11.5. The molecule has 0 radical (unpaired) electrons. The Morgan fingerprint density at radius 2 is 1.40 bits per heavy atom. The maximum Gasteiger partial charge on any atom is 0.310 e. The highest BCUT2D eigenvalue weighted by Crippen LogP contribution is 2.34. The molecule has 2 heteroatoms. The summed E-state index contributed by atoms with van der Waals surface area (Å²) in [6.07, 6.45) is 0. The molecule has 0 rings (SSSR count). The lowest BCUT2D eigenvalue weighted by Gasteiger charge is -2.34. The van der Waals surface area contributed by atoms with Gasteiger partial charge in [0, 0.05) is 0 Å². The van der Waals surface area contributed by atoms with Gasteiger partial charge in [0.05, 0.1) is 5.92 Å². The Kier molecular flexibility index (Phi) is 4.38. The van der Waals surface area contributed by atoms with Crippen LogP contribution in [-0.4, -0.2) is 11.6 Å². The smallest absolute Gasteiger partial charge is 0.310 e.